The Morgan fingerprint density at radius 2 is 1.51 bits per heavy atom. The van der Waals surface area contributed by atoms with Gasteiger partial charge in [0.05, 0.1) is 24.7 Å². The van der Waals surface area contributed by atoms with Crippen molar-refractivity contribution < 1.29 is 59.5 Å². The smallest absolute Gasteiger partial charge is 0.310 e. The minimum Gasteiger partial charge on any atom is -0.481 e. The summed E-state index contributed by atoms with van der Waals surface area (Å²) in [7, 11) is 0. The second kappa shape index (κ2) is 13.5. The summed E-state index contributed by atoms with van der Waals surface area (Å²) in [5.41, 5.74) is 0.450. The molecule has 53 heavy (non-hydrogen) atoms. The zero-order valence-corrected chi connectivity index (χ0v) is 32.7. The van der Waals surface area contributed by atoms with Crippen LogP contribution in [0.1, 0.15) is 113 Å². The predicted octanol–water partition coefficient (Wildman–Crippen LogP) is 3.52. The van der Waals surface area contributed by atoms with E-state index in [-0.39, 0.29) is 45.7 Å². The van der Waals surface area contributed by atoms with Gasteiger partial charge in [-0.05, 0) is 109 Å². The van der Waals surface area contributed by atoms with Crippen LogP contribution in [0.25, 0.3) is 0 Å². The highest BCUT2D eigenvalue weighted by Crippen LogP contribution is 2.76. The number of ether oxygens (including phenoxy) is 4. The molecule has 2 heterocycles. The van der Waals surface area contributed by atoms with E-state index in [0.29, 0.717) is 11.8 Å². The van der Waals surface area contributed by atoms with E-state index in [2.05, 4.69) is 54.5 Å². The van der Waals surface area contributed by atoms with Gasteiger partial charge < -0.3 is 54.7 Å². The molecule has 302 valence electrons. The molecule has 2 aliphatic heterocycles. The molecule has 5 aliphatic carbocycles. The number of allylic oxidation sites excluding steroid dienone is 2. The van der Waals surface area contributed by atoms with Gasteiger partial charge in [0.25, 0.3) is 0 Å². The van der Waals surface area contributed by atoms with Crippen LogP contribution in [0.3, 0.4) is 0 Å². The van der Waals surface area contributed by atoms with Gasteiger partial charge in [-0.3, -0.25) is 4.79 Å². The highest BCUT2D eigenvalue weighted by atomic mass is 16.8. The van der Waals surface area contributed by atoms with E-state index < -0.39 is 73.3 Å². The van der Waals surface area contributed by atoms with Crippen molar-refractivity contribution in [2.24, 2.45) is 50.2 Å². The van der Waals surface area contributed by atoms with Crippen molar-refractivity contribution in [3.8, 4) is 0 Å². The number of hydrogen-bond acceptors (Lipinski definition) is 11. The minimum absolute atomic E-state index is 0.00935. The Labute approximate surface area is 314 Å². The number of carboxylic acid groups (broad SMARTS) is 1. The van der Waals surface area contributed by atoms with Crippen molar-refractivity contribution in [3.05, 3.63) is 11.6 Å². The zero-order chi connectivity index (χ0) is 38.7. The standard InChI is InChI=1S/C41H66O12/c1-36(2)14-16-41(35(48)49)17-15-39(6)21(22(41)18-36)8-9-26-38(5)12-11-27(37(3,4)25(38)10-13-40(26,39)7)52-34-32(28(44)23(43)20-50-34)53-33-31(47)30(46)29(45)24(19-42)51-33/h8,22-34,42-47H,9-20H2,1-7H3,(H,48,49)/t22?,23-,24+,25?,26?,27-,28-,29+,30-,31+,32+,33-,34-,38-,39+,40+,41-/m0/s1. The van der Waals surface area contributed by atoms with Gasteiger partial charge in [-0.2, -0.15) is 0 Å². The number of rotatable bonds is 6. The van der Waals surface area contributed by atoms with Crippen LogP contribution in [0.15, 0.2) is 11.6 Å². The second-order valence-electron chi connectivity index (χ2n) is 20.2. The molecule has 4 saturated carbocycles. The summed E-state index contributed by atoms with van der Waals surface area (Å²) in [4.78, 5) is 13.0. The normalized spacial score (nSPS) is 53.3. The van der Waals surface area contributed by atoms with Gasteiger partial charge in [0.2, 0.25) is 0 Å². The number of aliphatic hydroxyl groups excluding tert-OH is 6. The van der Waals surface area contributed by atoms with Gasteiger partial charge in [0.1, 0.15) is 42.7 Å². The van der Waals surface area contributed by atoms with E-state index in [1.54, 1.807) is 0 Å². The zero-order valence-electron chi connectivity index (χ0n) is 32.7. The SMILES string of the molecule is CC1(C)CC[C@]2(C(=O)O)CC[C@]3(C)C(=CCC4[C@@]5(C)CC[C@H](O[C@@H]6OC[C@H](O)[C@H](O)[C@H]6O[C@@H]6O[C@H](CO)[C@@H](O)[C@H](O)[C@H]6O)C(C)(C)C5CC[C@]43C)C2C1. The fraction of sp³-hybridized carbons (Fsp3) is 0.927. The number of fused-ring (bicyclic) bond motifs is 7. The molecular formula is C41H66O12. The Morgan fingerprint density at radius 3 is 2.19 bits per heavy atom. The minimum atomic E-state index is -1.69. The average molecular weight is 751 g/mol. The van der Waals surface area contributed by atoms with Gasteiger partial charge in [-0.25, -0.2) is 0 Å². The third-order valence-corrected chi connectivity index (χ3v) is 16.9. The summed E-state index contributed by atoms with van der Waals surface area (Å²) in [5.74, 6) is 0.147. The quantitative estimate of drug-likeness (QED) is 0.155. The first kappa shape index (κ1) is 40.0. The van der Waals surface area contributed by atoms with E-state index in [0.717, 1.165) is 64.2 Å². The summed E-state index contributed by atoms with van der Waals surface area (Å²) < 4.78 is 24.3. The highest BCUT2D eigenvalue weighted by molar-refractivity contribution is 5.76. The fourth-order valence-electron chi connectivity index (χ4n) is 13.4. The molecular weight excluding hydrogens is 684 g/mol. The lowest BCUT2D eigenvalue weighted by Gasteiger charge is -2.71. The molecule has 0 aromatic carbocycles. The summed E-state index contributed by atoms with van der Waals surface area (Å²) in [6.07, 6.45) is -1.79. The Morgan fingerprint density at radius 1 is 0.811 bits per heavy atom. The molecule has 0 bridgehead atoms. The summed E-state index contributed by atoms with van der Waals surface area (Å²) >= 11 is 0. The van der Waals surface area contributed by atoms with E-state index in [1.807, 2.05) is 0 Å². The monoisotopic (exact) mass is 750 g/mol. The fourth-order valence-corrected chi connectivity index (χ4v) is 13.4. The Hall–Kier alpha value is -1.19. The number of aliphatic carboxylic acids is 1. The van der Waals surface area contributed by atoms with Crippen molar-refractivity contribution in [1.29, 1.82) is 0 Å². The van der Waals surface area contributed by atoms with Crippen LogP contribution in [0.2, 0.25) is 0 Å². The average Bonchev–Trinajstić information content (AvgIpc) is 3.08. The topological polar surface area (TPSA) is 196 Å². The number of carbonyl (C=O) groups is 1. The molecule has 7 rings (SSSR count). The first-order chi connectivity index (χ1) is 24.7. The van der Waals surface area contributed by atoms with Crippen LogP contribution in [-0.2, 0) is 23.7 Å². The molecule has 12 nitrogen and oxygen atoms in total. The maximum Gasteiger partial charge on any atom is 0.310 e. The molecule has 3 unspecified atom stereocenters. The predicted molar refractivity (Wildman–Crippen MR) is 192 cm³/mol. The molecule has 7 aliphatic rings. The summed E-state index contributed by atoms with van der Waals surface area (Å²) in [6.45, 7) is 15.7. The number of aliphatic hydroxyl groups is 6. The summed E-state index contributed by atoms with van der Waals surface area (Å²) in [6, 6.07) is 0. The third-order valence-electron chi connectivity index (χ3n) is 16.9. The third kappa shape index (κ3) is 5.94. The van der Waals surface area contributed by atoms with Gasteiger partial charge in [-0.1, -0.05) is 60.1 Å². The lowest BCUT2D eigenvalue weighted by atomic mass is 9.33. The summed E-state index contributed by atoms with van der Waals surface area (Å²) in [5, 5.41) is 73.3. The van der Waals surface area contributed by atoms with Gasteiger partial charge in [0.15, 0.2) is 12.6 Å². The molecule has 6 fully saturated rings. The molecule has 0 amide bonds. The lowest BCUT2D eigenvalue weighted by molar-refractivity contribution is -0.367. The first-order valence-corrected chi connectivity index (χ1v) is 20.2. The van der Waals surface area contributed by atoms with E-state index in [1.165, 1.54) is 5.57 Å². The van der Waals surface area contributed by atoms with Crippen LogP contribution in [0, 0.1) is 50.2 Å². The van der Waals surface area contributed by atoms with Crippen LogP contribution in [0.5, 0.6) is 0 Å². The second-order valence-corrected chi connectivity index (χ2v) is 20.2. The van der Waals surface area contributed by atoms with Crippen molar-refractivity contribution in [2.75, 3.05) is 13.2 Å². The maximum atomic E-state index is 13.0. The van der Waals surface area contributed by atoms with E-state index >= 15 is 0 Å². The lowest BCUT2D eigenvalue weighted by Crippen LogP contribution is -2.66. The Bertz CT molecular complexity index is 1430. The Kier molecular flexibility index (Phi) is 10.2. The molecule has 0 aromatic heterocycles. The van der Waals surface area contributed by atoms with Gasteiger partial charge >= 0.3 is 5.97 Å². The van der Waals surface area contributed by atoms with Crippen molar-refractivity contribution in [1.82, 2.24) is 0 Å². The van der Waals surface area contributed by atoms with Crippen LogP contribution < -0.4 is 0 Å². The molecule has 0 aromatic rings. The molecule has 2 saturated heterocycles. The van der Waals surface area contributed by atoms with Crippen molar-refractivity contribution in [2.45, 2.75) is 174 Å². The molecule has 17 atom stereocenters. The first-order valence-electron chi connectivity index (χ1n) is 20.2. The van der Waals surface area contributed by atoms with Crippen molar-refractivity contribution in [3.63, 3.8) is 0 Å². The van der Waals surface area contributed by atoms with E-state index in [4.69, 9.17) is 18.9 Å². The molecule has 0 spiro atoms. The van der Waals surface area contributed by atoms with Crippen molar-refractivity contribution >= 4 is 5.97 Å². The Balaban J connectivity index is 1.13. The van der Waals surface area contributed by atoms with Gasteiger partial charge in [-0.15, -0.1) is 0 Å². The highest BCUT2D eigenvalue weighted by Gasteiger charge is 2.69. The van der Waals surface area contributed by atoms with Gasteiger partial charge in [0, 0.05) is 0 Å². The largest absolute Gasteiger partial charge is 0.481 e. The van der Waals surface area contributed by atoms with E-state index in [9.17, 15) is 40.5 Å². The molecule has 0 radical (unpaired) electrons. The molecule has 7 N–H and O–H groups in total. The maximum absolute atomic E-state index is 13.0. The molecule has 12 heteroatoms. The van der Waals surface area contributed by atoms with Crippen LogP contribution in [0.4, 0.5) is 0 Å². The van der Waals surface area contributed by atoms with Crippen LogP contribution >= 0.6 is 0 Å². The van der Waals surface area contributed by atoms with Crippen LogP contribution in [-0.4, -0.2) is 116 Å². The number of hydrogen-bond donors (Lipinski definition) is 7. The number of carboxylic acids is 1.